The topological polar surface area (TPSA) is 27.1 Å². The van der Waals surface area contributed by atoms with E-state index in [9.17, 15) is 0 Å². The van der Waals surface area contributed by atoms with Crippen molar-refractivity contribution in [1.29, 1.82) is 0 Å². The summed E-state index contributed by atoms with van der Waals surface area (Å²) >= 11 is 0. The molecule has 1 aromatic heterocycles. The molecular formula is C21H18N2O. The molecule has 0 aliphatic rings. The van der Waals surface area contributed by atoms with E-state index in [-0.39, 0.29) is 0 Å². The van der Waals surface area contributed by atoms with Gasteiger partial charge in [0.25, 0.3) is 0 Å². The number of aromatic nitrogens is 2. The molecule has 0 bridgehead atoms. The lowest BCUT2D eigenvalue weighted by Gasteiger charge is -2.11. The van der Waals surface area contributed by atoms with Gasteiger partial charge in [0.05, 0.1) is 5.52 Å². The molecule has 1 heterocycles. The Labute approximate surface area is 141 Å². The van der Waals surface area contributed by atoms with Crippen LogP contribution in [0, 0.1) is 6.92 Å². The fourth-order valence-electron chi connectivity index (χ4n) is 2.83. The van der Waals surface area contributed by atoms with Gasteiger partial charge in [-0.1, -0.05) is 72.8 Å². The van der Waals surface area contributed by atoms with Crippen molar-refractivity contribution in [3.05, 3.63) is 90.0 Å². The Bertz CT molecular complexity index is 959. The average Bonchev–Trinajstić information content (AvgIpc) is 3.02. The summed E-state index contributed by atoms with van der Waals surface area (Å²) in [6.45, 7) is 2.58. The predicted octanol–water partition coefficient (Wildman–Crippen LogP) is 4.64. The Kier molecular flexibility index (Phi) is 3.75. The molecule has 3 nitrogen and oxygen atoms in total. The summed E-state index contributed by atoms with van der Waals surface area (Å²) in [6.07, 6.45) is 0. The Hall–Kier alpha value is -3.07. The van der Waals surface area contributed by atoms with E-state index in [0.717, 1.165) is 33.5 Å². The largest absolute Gasteiger partial charge is 0.407 e. The molecule has 0 amide bonds. The van der Waals surface area contributed by atoms with Crippen molar-refractivity contribution in [3.8, 4) is 11.4 Å². The highest BCUT2D eigenvalue weighted by Gasteiger charge is 2.15. The van der Waals surface area contributed by atoms with Gasteiger partial charge in [0.1, 0.15) is 12.1 Å². The van der Waals surface area contributed by atoms with Crippen molar-refractivity contribution in [1.82, 2.24) is 9.71 Å². The maximum Gasteiger partial charge on any atom is 0.176 e. The van der Waals surface area contributed by atoms with Crippen molar-refractivity contribution in [2.75, 3.05) is 0 Å². The maximum absolute atomic E-state index is 6.14. The summed E-state index contributed by atoms with van der Waals surface area (Å²) in [5.41, 5.74) is 5.29. The van der Waals surface area contributed by atoms with Crippen LogP contribution in [-0.4, -0.2) is 9.71 Å². The smallest absolute Gasteiger partial charge is 0.176 e. The fourth-order valence-corrected chi connectivity index (χ4v) is 2.83. The Morgan fingerprint density at radius 2 is 1.54 bits per heavy atom. The molecule has 4 aromatic rings. The number of hydrogen-bond acceptors (Lipinski definition) is 2. The van der Waals surface area contributed by atoms with E-state index in [1.54, 1.807) is 0 Å². The molecule has 3 heteroatoms. The van der Waals surface area contributed by atoms with Crippen molar-refractivity contribution < 1.29 is 4.84 Å². The first kappa shape index (κ1) is 14.5. The molecule has 118 valence electrons. The third-order valence-electron chi connectivity index (χ3n) is 4.08. The van der Waals surface area contributed by atoms with Crippen LogP contribution >= 0.6 is 0 Å². The highest BCUT2D eigenvalue weighted by molar-refractivity contribution is 5.83. The minimum atomic E-state index is 0.500. The van der Waals surface area contributed by atoms with E-state index >= 15 is 0 Å². The molecule has 0 atom stereocenters. The fraction of sp³-hybridized carbons (Fsp3) is 0.0952. The van der Waals surface area contributed by atoms with E-state index in [0.29, 0.717) is 6.61 Å². The molecule has 24 heavy (non-hydrogen) atoms. The number of aryl methyl sites for hydroxylation is 1. The van der Waals surface area contributed by atoms with Crippen molar-refractivity contribution in [3.63, 3.8) is 0 Å². The van der Waals surface area contributed by atoms with Crippen LogP contribution in [-0.2, 0) is 6.61 Å². The van der Waals surface area contributed by atoms with Gasteiger partial charge in [0.15, 0.2) is 5.82 Å². The third-order valence-corrected chi connectivity index (χ3v) is 4.08. The van der Waals surface area contributed by atoms with E-state index < -0.39 is 0 Å². The first-order chi connectivity index (χ1) is 11.8. The van der Waals surface area contributed by atoms with Crippen LogP contribution in [0.25, 0.3) is 22.4 Å². The number of para-hydroxylation sites is 1. The molecule has 0 saturated carbocycles. The summed E-state index contributed by atoms with van der Waals surface area (Å²) in [7, 11) is 0. The molecular weight excluding hydrogens is 296 g/mol. The van der Waals surface area contributed by atoms with Crippen LogP contribution < -0.4 is 4.84 Å². The summed E-state index contributed by atoms with van der Waals surface area (Å²) in [5.74, 6) is 0.829. The van der Waals surface area contributed by atoms with Gasteiger partial charge in [0, 0.05) is 5.56 Å². The summed E-state index contributed by atoms with van der Waals surface area (Å²) in [5, 5.41) is 0. The van der Waals surface area contributed by atoms with E-state index in [4.69, 9.17) is 9.82 Å². The van der Waals surface area contributed by atoms with Gasteiger partial charge < -0.3 is 4.84 Å². The van der Waals surface area contributed by atoms with Crippen LogP contribution in [0.2, 0.25) is 0 Å². The molecule has 0 unspecified atom stereocenters. The van der Waals surface area contributed by atoms with Crippen LogP contribution in [0.3, 0.4) is 0 Å². The number of fused-ring (bicyclic) bond motifs is 1. The molecule has 0 aliphatic heterocycles. The maximum atomic E-state index is 6.14. The van der Waals surface area contributed by atoms with Crippen LogP contribution in [0.15, 0.2) is 78.9 Å². The normalized spacial score (nSPS) is 10.9. The minimum Gasteiger partial charge on any atom is -0.407 e. The molecule has 0 fully saturated rings. The lowest BCUT2D eigenvalue weighted by Crippen LogP contribution is -2.12. The summed E-state index contributed by atoms with van der Waals surface area (Å²) in [6, 6.07) is 26.5. The molecule has 0 saturated heterocycles. The third kappa shape index (κ3) is 2.65. The van der Waals surface area contributed by atoms with Gasteiger partial charge in [-0.25, -0.2) is 4.98 Å². The number of imidazole rings is 1. The Morgan fingerprint density at radius 3 is 2.29 bits per heavy atom. The highest BCUT2D eigenvalue weighted by atomic mass is 16.7. The number of nitrogens with zero attached hydrogens (tertiary/aromatic N) is 2. The van der Waals surface area contributed by atoms with Gasteiger partial charge in [-0.2, -0.15) is 4.73 Å². The van der Waals surface area contributed by atoms with Gasteiger partial charge in [0.2, 0.25) is 0 Å². The molecule has 3 aromatic carbocycles. The number of benzene rings is 3. The number of rotatable bonds is 4. The van der Waals surface area contributed by atoms with Crippen molar-refractivity contribution >= 4 is 11.0 Å². The van der Waals surface area contributed by atoms with Crippen molar-refractivity contribution in [2.45, 2.75) is 13.5 Å². The second-order valence-electron chi connectivity index (χ2n) is 5.80. The van der Waals surface area contributed by atoms with Crippen LogP contribution in [0.4, 0.5) is 0 Å². The Morgan fingerprint density at radius 1 is 0.833 bits per heavy atom. The molecule has 0 radical (unpaired) electrons. The van der Waals surface area contributed by atoms with E-state index in [1.807, 2.05) is 53.3 Å². The molecule has 0 spiro atoms. The molecule has 0 aliphatic carbocycles. The monoisotopic (exact) mass is 314 g/mol. The second kappa shape index (κ2) is 6.20. The van der Waals surface area contributed by atoms with Gasteiger partial charge in [-0.15, -0.1) is 0 Å². The van der Waals surface area contributed by atoms with E-state index in [2.05, 4.69) is 37.3 Å². The molecule has 4 rings (SSSR count). The zero-order valence-electron chi connectivity index (χ0n) is 13.5. The SMILES string of the molecule is Cc1cccc2c1nc(-c1ccccc1)n2OCc1ccccc1. The second-order valence-corrected chi connectivity index (χ2v) is 5.80. The zero-order valence-corrected chi connectivity index (χ0v) is 13.5. The first-order valence-electron chi connectivity index (χ1n) is 8.03. The summed E-state index contributed by atoms with van der Waals surface area (Å²) in [4.78, 5) is 11.0. The van der Waals surface area contributed by atoms with Gasteiger partial charge in [-0.05, 0) is 24.1 Å². The number of hydrogen-bond donors (Lipinski definition) is 0. The van der Waals surface area contributed by atoms with E-state index in [1.165, 1.54) is 0 Å². The highest BCUT2D eigenvalue weighted by Crippen LogP contribution is 2.25. The zero-order chi connectivity index (χ0) is 16.4. The Balaban J connectivity index is 1.81. The van der Waals surface area contributed by atoms with Gasteiger partial charge >= 0.3 is 0 Å². The van der Waals surface area contributed by atoms with Crippen molar-refractivity contribution in [2.24, 2.45) is 0 Å². The minimum absolute atomic E-state index is 0.500. The standard InChI is InChI=1S/C21H18N2O/c1-16-9-8-14-19-20(16)22-21(18-12-6-3-7-13-18)23(19)24-15-17-10-4-2-5-11-17/h2-14H,15H2,1H3. The predicted molar refractivity (Wildman–Crippen MR) is 96.6 cm³/mol. The first-order valence-corrected chi connectivity index (χ1v) is 8.03. The van der Waals surface area contributed by atoms with Crippen LogP contribution in [0.5, 0.6) is 0 Å². The quantitative estimate of drug-likeness (QED) is 0.548. The molecule has 0 N–H and O–H groups in total. The van der Waals surface area contributed by atoms with Gasteiger partial charge in [-0.3, -0.25) is 0 Å². The lowest BCUT2D eigenvalue weighted by molar-refractivity contribution is 0.110. The lowest BCUT2D eigenvalue weighted by atomic mass is 10.2. The van der Waals surface area contributed by atoms with Crippen LogP contribution in [0.1, 0.15) is 11.1 Å². The summed E-state index contributed by atoms with van der Waals surface area (Å²) < 4.78 is 1.85. The average molecular weight is 314 g/mol.